The van der Waals surface area contributed by atoms with Gasteiger partial charge >= 0.3 is 0 Å². The van der Waals surface area contributed by atoms with E-state index in [1.54, 1.807) is 0 Å². The van der Waals surface area contributed by atoms with Crippen LogP contribution in [0.5, 0.6) is 0 Å². The smallest absolute Gasteiger partial charge is 0.211 e. The van der Waals surface area contributed by atoms with Gasteiger partial charge in [-0.15, -0.1) is 27.3 Å². The van der Waals surface area contributed by atoms with Crippen LogP contribution in [0.25, 0.3) is 0 Å². The molecule has 0 aliphatic rings. The second kappa shape index (κ2) is 5.35. The summed E-state index contributed by atoms with van der Waals surface area (Å²) in [5.41, 5.74) is 0. The molecule has 0 saturated carbocycles. The highest BCUT2D eigenvalue weighted by Crippen LogP contribution is 1.93. The molecule has 0 aromatic heterocycles. The summed E-state index contributed by atoms with van der Waals surface area (Å²) in [4.78, 5) is 0. The molecule has 0 saturated heterocycles. The summed E-state index contributed by atoms with van der Waals surface area (Å²) in [5, 5.41) is 0. The van der Waals surface area contributed by atoms with Crippen molar-refractivity contribution in [3.05, 3.63) is 0 Å². The van der Waals surface area contributed by atoms with Gasteiger partial charge in [-0.05, 0) is 0 Å². The fraction of sp³-hybridized carbons (Fsp3) is 1.00. The van der Waals surface area contributed by atoms with Gasteiger partial charge in [0, 0.05) is 11.8 Å². The number of nitrogens with one attached hydrogen (secondary N) is 1. The fourth-order valence-electron chi connectivity index (χ4n) is 0.480. The monoisotopic (exact) mass is 269 g/mol. The molecule has 0 aromatic rings. The summed E-state index contributed by atoms with van der Waals surface area (Å²) in [7, 11) is -7.68. The third-order valence-electron chi connectivity index (χ3n) is 0.946. The van der Waals surface area contributed by atoms with Gasteiger partial charge in [0.1, 0.15) is 0 Å². The molecular formula is C4H9Cl2NO4S2. The van der Waals surface area contributed by atoms with Crippen molar-refractivity contribution in [1.82, 2.24) is 4.13 Å². The van der Waals surface area contributed by atoms with Gasteiger partial charge in [0.05, 0.1) is 11.5 Å². The van der Waals surface area contributed by atoms with Crippen LogP contribution in [0.2, 0.25) is 0 Å². The van der Waals surface area contributed by atoms with Crippen molar-refractivity contribution in [3.63, 3.8) is 0 Å². The van der Waals surface area contributed by atoms with Gasteiger partial charge < -0.3 is 0 Å². The van der Waals surface area contributed by atoms with Crippen molar-refractivity contribution in [2.45, 2.75) is 0 Å². The third-order valence-corrected chi connectivity index (χ3v) is 5.29. The fourth-order valence-corrected chi connectivity index (χ4v) is 4.32. The normalized spacial score (nSPS) is 13.1. The van der Waals surface area contributed by atoms with E-state index in [0.717, 1.165) is 0 Å². The van der Waals surface area contributed by atoms with Crippen LogP contribution in [0.15, 0.2) is 0 Å². The van der Waals surface area contributed by atoms with Gasteiger partial charge in [0.2, 0.25) is 20.0 Å². The van der Waals surface area contributed by atoms with Crippen molar-refractivity contribution >= 4 is 43.2 Å². The van der Waals surface area contributed by atoms with E-state index in [1.165, 1.54) is 4.13 Å². The predicted molar refractivity (Wildman–Crippen MR) is 52.1 cm³/mol. The molecule has 5 nitrogen and oxygen atoms in total. The van der Waals surface area contributed by atoms with Gasteiger partial charge in [-0.1, -0.05) is 0 Å². The Morgan fingerprint density at radius 3 is 1.38 bits per heavy atom. The van der Waals surface area contributed by atoms with Crippen molar-refractivity contribution < 1.29 is 16.8 Å². The SMILES string of the molecule is O=S(=O)(CCCl)NS(=O)(=O)CCCl. The lowest BCUT2D eigenvalue weighted by Gasteiger charge is -2.04. The molecule has 0 aliphatic carbocycles. The molecule has 0 rings (SSSR count). The zero-order valence-electron chi connectivity index (χ0n) is 6.53. The quantitative estimate of drug-likeness (QED) is 0.673. The van der Waals surface area contributed by atoms with Crippen molar-refractivity contribution in [1.29, 1.82) is 0 Å². The highest BCUT2D eigenvalue weighted by atomic mass is 35.5. The topological polar surface area (TPSA) is 80.3 Å². The molecule has 0 amide bonds. The first-order valence-electron chi connectivity index (χ1n) is 3.19. The van der Waals surface area contributed by atoms with Crippen molar-refractivity contribution in [2.24, 2.45) is 0 Å². The second-order valence-electron chi connectivity index (χ2n) is 2.10. The molecule has 0 fully saturated rings. The minimum Gasteiger partial charge on any atom is -0.211 e. The first-order valence-corrected chi connectivity index (χ1v) is 7.56. The molecule has 0 atom stereocenters. The number of sulfonamides is 2. The zero-order valence-corrected chi connectivity index (χ0v) is 9.68. The maximum Gasteiger partial charge on any atom is 0.225 e. The Labute approximate surface area is 87.5 Å². The summed E-state index contributed by atoms with van der Waals surface area (Å²) in [6.45, 7) is 0. The lowest BCUT2D eigenvalue weighted by Crippen LogP contribution is -2.35. The first-order chi connectivity index (χ1) is 5.83. The number of alkyl halides is 2. The molecule has 9 heteroatoms. The lowest BCUT2D eigenvalue weighted by molar-refractivity contribution is 0.578. The molecule has 0 unspecified atom stereocenters. The highest BCUT2D eigenvalue weighted by Gasteiger charge is 2.19. The molecule has 0 spiro atoms. The number of hydrogen-bond donors (Lipinski definition) is 1. The Morgan fingerprint density at radius 1 is 0.846 bits per heavy atom. The standard InChI is InChI=1S/C4H9Cl2NO4S2/c5-1-3-12(8,9)7-13(10,11)4-2-6/h7H,1-4H2. The summed E-state index contributed by atoms with van der Waals surface area (Å²) < 4.78 is 45.1. The van der Waals surface area contributed by atoms with Crippen LogP contribution in [-0.2, 0) is 20.0 Å². The minimum atomic E-state index is -3.84. The van der Waals surface area contributed by atoms with Gasteiger partial charge in [-0.25, -0.2) is 16.8 Å². The van der Waals surface area contributed by atoms with E-state index in [2.05, 4.69) is 0 Å². The van der Waals surface area contributed by atoms with E-state index in [0.29, 0.717) is 0 Å². The van der Waals surface area contributed by atoms with Crippen LogP contribution in [0.4, 0.5) is 0 Å². The Kier molecular flexibility index (Phi) is 5.53. The van der Waals surface area contributed by atoms with E-state index < -0.39 is 31.6 Å². The van der Waals surface area contributed by atoms with Gasteiger partial charge in [0.25, 0.3) is 0 Å². The Morgan fingerprint density at radius 2 is 1.15 bits per heavy atom. The van der Waals surface area contributed by atoms with E-state index in [-0.39, 0.29) is 11.8 Å². The predicted octanol–water partition coefficient (Wildman–Crippen LogP) is -0.287. The summed E-state index contributed by atoms with van der Waals surface area (Å²) in [6, 6.07) is 0. The number of hydrogen-bond acceptors (Lipinski definition) is 4. The molecule has 0 aromatic carbocycles. The molecule has 0 aliphatic heterocycles. The maximum atomic E-state index is 10.9. The number of rotatable bonds is 6. The van der Waals surface area contributed by atoms with E-state index in [9.17, 15) is 16.8 Å². The maximum absolute atomic E-state index is 10.9. The number of halogens is 2. The average Bonchev–Trinajstić information content (AvgIpc) is 1.82. The summed E-state index contributed by atoms with van der Waals surface area (Å²) in [5.74, 6) is -1.19. The lowest BCUT2D eigenvalue weighted by atomic mass is 11.0. The van der Waals surface area contributed by atoms with Crippen molar-refractivity contribution in [3.8, 4) is 0 Å². The third kappa shape index (κ3) is 6.50. The van der Waals surface area contributed by atoms with Crippen molar-refractivity contribution in [2.75, 3.05) is 23.3 Å². The van der Waals surface area contributed by atoms with E-state index >= 15 is 0 Å². The molecule has 0 heterocycles. The second-order valence-corrected chi connectivity index (χ2v) is 6.80. The molecular weight excluding hydrogens is 261 g/mol. The van der Waals surface area contributed by atoms with Crippen LogP contribution in [0, 0.1) is 0 Å². The molecule has 80 valence electrons. The van der Waals surface area contributed by atoms with Crippen LogP contribution < -0.4 is 4.13 Å². The Balaban J connectivity index is 4.44. The average molecular weight is 270 g/mol. The summed E-state index contributed by atoms with van der Waals surface area (Å²) >= 11 is 10.3. The van der Waals surface area contributed by atoms with Crippen LogP contribution >= 0.6 is 23.2 Å². The van der Waals surface area contributed by atoms with Gasteiger partial charge in [0.15, 0.2) is 0 Å². The Hall–Kier alpha value is 0.440. The largest absolute Gasteiger partial charge is 0.225 e. The molecule has 0 radical (unpaired) electrons. The van der Waals surface area contributed by atoms with Gasteiger partial charge in [-0.2, -0.15) is 0 Å². The molecule has 13 heavy (non-hydrogen) atoms. The first kappa shape index (κ1) is 13.4. The van der Waals surface area contributed by atoms with Crippen LogP contribution in [-0.4, -0.2) is 40.1 Å². The van der Waals surface area contributed by atoms with Crippen LogP contribution in [0.3, 0.4) is 0 Å². The van der Waals surface area contributed by atoms with Crippen LogP contribution in [0.1, 0.15) is 0 Å². The van der Waals surface area contributed by atoms with E-state index in [1.807, 2.05) is 0 Å². The zero-order chi connectivity index (χ0) is 10.5. The summed E-state index contributed by atoms with van der Waals surface area (Å²) in [6.07, 6.45) is 0. The molecule has 0 bridgehead atoms. The van der Waals surface area contributed by atoms with E-state index in [4.69, 9.17) is 23.2 Å². The minimum absolute atomic E-state index is 0.161. The molecule has 1 N–H and O–H groups in total. The Bertz CT molecular complexity index is 301. The highest BCUT2D eigenvalue weighted by molar-refractivity contribution is 8.04. The van der Waals surface area contributed by atoms with Gasteiger partial charge in [-0.3, -0.25) is 0 Å².